The second-order valence-corrected chi connectivity index (χ2v) is 5.40. The van der Waals surface area contributed by atoms with E-state index in [-0.39, 0.29) is 24.4 Å². The predicted molar refractivity (Wildman–Crippen MR) is 88.7 cm³/mol. The highest BCUT2D eigenvalue weighted by atomic mass is 35.5. The van der Waals surface area contributed by atoms with Gasteiger partial charge in [0, 0.05) is 11.6 Å². The lowest BCUT2D eigenvalue weighted by Crippen LogP contribution is -2.36. The Bertz CT molecular complexity index is 739. The minimum Gasteiger partial charge on any atom is -0.434 e. The molecule has 0 radical (unpaired) electrons. The molecule has 0 aromatic heterocycles. The summed E-state index contributed by atoms with van der Waals surface area (Å²) in [5, 5.41) is 5.57. The van der Waals surface area contributed by atoms with E-state index in [0.29, 0.717) is 5.02 Å². The Hall–Kier alpha value is -2.67. The number of halogens is 3. The smallest absolute Gasteiger partial charge is 0.387 e. The summed E-state index contributed by atoms with van der Waals surface area (Å²) in [4.78, 5) is 23.8. The third-order valence-electron chi connectivity index (χ3n) is 3.16. The van der Waals surface area contributed by atoms with Crippen LogP contribution in [0.1, 0.15) is 15.9 Å². The number of ether oxygens (including phenoxy) is 1. The number of carbonyl (C=O) groups is 2. The van der Waals surface area contributed by atoms with Gasteiger partial charge in [0.25, 0.3) is 5.91 Å². The van der Waals surface area contributed by atoms with E-state index in [1.165, 1.54) is 24.3 Å². The van der Waals surface area contributed by atoms with Crippen molar-refractivity contribution in [3.8, 4) is 5.75 Å². The number of hydrogen-bond acceptors (Lipinski definition) is 3. The monoisotopic (exact) mass is 368 g/mol. The van der Waals surface area contributed by atoms with Gasteiger partial charge in [-0.3, -0.25) is 9.59 Å². The number of amides is 2. The standard InChI is InChI=1S/C17H15ClF2N2O3/c18-12-7-5-11(6-8-12)9-21-15(23)10-22-16(24)13-3-1-2-4-14(13)25-17(19)20/h1-8,17H,9-10H2,(H,21,23)(H,22,24). The van der Waals surface area contributed by atoms with Gasteiger partial charge < -0.3 is 15.4 Å². The van der Waals surface area contributed by atoms with Crippen LogP contribution in [0.4, 0.5) is 8.78 Å². The molecule has 0 spiro atoms. The molecule has 2 rings (SSSR count). The maximum absolute atomic E-state index is 12.3. The first-order chi connectivity index (χ1) is 12.0. The second kappa shape index (κ2) is 8.98. The summed E-state index contributed by atoms with van der Waals surface area (Å²) in [6.45, 7) is -3.07. The average Bonchev–Trinajstić information content (AvgIpc) is 2.59. The average molecular weight is 369 g/mol. The molecule has 25 heavy (non-hydrogen) atoms. The molecule has 0 unspecified atom stereocenters. The van der Waals surface area contributed by atoms with Crippen molar-refractivity contribution in [2.24, 2.45) is 0 Å². The Balaban J connectivity index is 1.85. The zero-order valence-electron chi connectivity index (χ0n) is 13.0. The van der Waals surface area contributed by atoms with E-state index >= 15 is 0 Å². The van der Waals surface area contributed by atoms with Gasteiger partial charge in [0.05, 0.1) is 12.1 Å². The summed E-state index contributed by atoms with van der Waals surface area (Å²) in [5.74, 6) is -1.36. The van der Waals surface area contributed by atoms with E-state index in [2.05, 4.69) is 15.4 Å². The van der Waals surface area contributed by atoms with E-state index in [4.69, 9.17) is 11.6 Å². The van der Waals surface area contributed by atoms with Gasteiger partial charge in [0.1, 0.15) is 5.75 Å². The Morgan fingerprint density at radius 3 is 2.40 bits per heavy atom. The molecule has 2 aromatic rings. The number of nitrogens with one attached hydrogen (secondary N) is 2. The summed E-state index contributed by atoms with van der Waals surface area (Å²) in [6, 6.07) is 12.5. The molecule has 0 atom stereocenters. The van der Waals surface area contributed by atoms with Gasteiger partial charge in [-0.25, -0.2) is 0 Å². The maximum atomic E-state index is 12.3. The first kappa shape index (κ1) is 18.7. The normalized spacial score (nSPS) is 10.4. The van der Waals surface area contributed by atoms with E-state index in [1.54, 1.807) is 24.3 Å². The lowest BCUT2D eigenvalue weighted by atomic mass is 10.2. The number of rotatable bonds is 7. The molecule has 0 bridgehead atoms. The third-order valence-corrected chi connectivity index (χ3v) is 3.41. The van der Waals surface area contributed by atoms with Crippen molar-refractivity contribution in [3.63, 3.8) is 0 Å². The first-order valence-corrected chi connectivity index (χ1v) is 7.66. The quantitative estimate of drug-likeness (QED) is 0.789. The number of hydrogen-bond donors (Lipinski definition) is 2. The number of benzene rings is 2. The lowest BCUT2D eigenvalue weighted by Gasteiger charge is -2.11. The highest BCUT2D eigenvalue weighted by Crippen LogP contribution is 2.19. The van der Waals surface area contributed by atoms with Crippen LogP contribution in [0.3, 0.4) is 0 Å². The van der Waals surface area contributed by atoms with Crippen molar-refractivity contribution in [1.29, 1.82) is 0 Å². The van der Waals surface area contributed by atoms with Crippen LogP contribution in [0.2, 0.25) is 5.02 Å². The fourth-order valence-electron chi connectivity index (χ4n) is 1.97. The molecular weight excluding hydrogens is 354 g/mol. The summed E-state index contributed by atoms with van der Waals surface area (Å²) >= 11 is 5.77. The van der Waals surface area contributed by atoms with E-state index in [1.807, 2.05) is 0 Å². The van der Waals surface area contributed by atoms with Gasteiger partial charge in [-0.15, -0.1) is 0 Å². The molecule has 0 saturated heterocycles. The SMILES string of the molecule is O=C(CNC(=O)c1ccccc1OC(F)F)NCc1ccc(Cl)cc1. The minimum atomic E-state index is -3.04. The predicted octanol–water partition coefficient (Wildman–Crippen LogP) is 2.99. The first-order valence-electron chi connectivity index (χ1n) is 7.29. The molecule has 8 heteroatoms. The van der Waals surface area contributed by atoms with Crippen LogP contribution in [0.15, 0.2) is 48.5 Å². The van der Waals surface area contributed by atoms with Gasteiger partial charge in [-0.2, -0.15) is 8.78 Å². The molecule has 5 nitrogen and oxygen atoms in total. The molecule has 0 aliphatic rings. The topological polar surface area (TPSA) is 67.4 Å². The molecule has 0 fully saturated rings. The van der Waals surface area contributed by atoms with Crippen LogP contribution in [-0.4, -0.2) is 25.0 Å². The molecule has 2 aromatic carbocycles. The van der Waals surface area contributed by atoms with Crippen molar-refractivity contribution in [1.82, 2.24) is 10.6 Å². The Kier molecular flexibility index (Phi) is 6.71. The molecule has 2 amide bonds. The van der Waals surface area contributed by atoms with Crippen molar-refractivity contribution in [2.45, 2.75) is 13.2 Å². The van der Waals surface area contributed by atoms with Gasteiger partial charge in [0.2, 0.25) is 5.91 Å². The van der Waals surface area contributed by atoms with Gasteiger partial charge in [-0.1, -0.05) is 35.9 Å². The minimum absolute atomic E-state index is 0.0756. The summed E-state index contributed by atoms with van der Waals surface area (Å²) in [6.07, 6.45) is 0. The fraction of sp³-hybridized carbons (Fsp3) is 0.176. The summed E-state index contributed by atoms with van der Waals surface area (Å²) in [5.41, 5.74) is 0.771. The second-order valence-electron chi connectivity index (χ2n) is 4.96. The van der Waals surface area contributed by atoms with Gasteiger partial charge in [-0.05, 0) is 29.8 Å². The molecule has 0 aliphatic heterocycles. The van der Waals surface area contributed by atoms with E-state index < -0.39 is 18.4 Å². The Morgan fingerprint density at radius 1 is 1.04 bits per heavy atom. The molecular formula is C17H15ClF2N2O3. The summed E-state index contributed by atoms with van der Waals surface area (Å²) < 4.78 is 29.0. The highest BCUT2D eigenvalue weighted by Gasteiger charge is 2.15. The van der Waals surface area contributed by atoms with Crippen LogP contribution in [0, 0.1) is 0 Å². The largest absolute Gasteiger partial charge is 0.434 e. The Morgan fingerprint density at radius 2 is 1.72 bits per heavy atom. The van der Waals surface area contributed by atoms with Crippen molar-refractivity contribution < 1.29 is 23.1 Å². The van der Waals surface area contributed by atoms with E-state index in [0.717, 1.165) is 5.56 Å². The summed E-state index contributed by atoms with van der Waals surface area (Å²) in [7, 11) is 0. The van der Waals surface area contributed by atoms with Crippen LogP contribution < -0.4 is 15.4 Å². The lowest BCUT2D eigenvalue weighted by molar-refractivity contribution is -0.120. The number of para-hydroxylation sites is 1. The molecule has 132 valence electrons. The van der Waals surface area contributed by atoms with Gasteiger partial charge in [0.15, 0.2) is 0 Å². The molecule has 2 N–H and O–H groups in total. The molecule has 0 heterocycles. The van der Waals surface area contributed by atoms with Crippen LogP contribution in [0.5, 0.6) is 5.75 Å². The maximum Gasteiger partial charge on any atom is 0.387 e. The highest BCUT2D eigenvalue weighted by molar-refractivity contribution is 6.30. The van der Waals surface area contributed by atoms with Crippen LogP contribution >= 0.6 is 11.6 Å². The zero-order valence-corrected chi connectivity index (χ0v) is 13.7. The van der Waals surface area contributed by atoms with Crippen molar-refractivity contribution >= 4 is 23.4 Å². The number of carbonyl (C=O) groups excluding carboxylic acids is 2. The molecule has 0 aliphatic carbocycles. The Labute approximate surface area is 147 Å². The van der Waals surface area contributed by atoms with Crippen molar-refractivity contribution in [2.75, 3.05) is 6.54 Å². The van der Waals surface area contributed by atoms with Crippen molar-refractivity contribution in [3.05, 3.63) is 64.7 Å². The van der Waals surface area contributed by atoms with E-state index in [9.17, 15) is 18.4 Å². The number of alkyl halides is 2. The van der Waals surface area contributed by atoms with Crippen LogP contribution in [-0.2, 0) is 11.3 Å². The fourth-order valence-corrected chi connectivity index (χ4v) is 2.10. The zero-order chi connectivity index (χ0) is 18.2. The third kappa shape index (κ3) is 6.04. The molecule has 0 saturated carbocycles. The van der Waals surface area contributed by atoms with Crippen LogP contribution in [0.25, 0.3) is 0 Å². The van der Waals surface area contributed by atoms with Gasteiger partial charge >= 0.3 is 6.61 Å².